The van der Waals surface area contributed by atoms with E-state index in [1.54, 1.807) is 0 Å². The van der Waals surface area contributed by atoms with E-state index in [-0.39, 0.29) is 5.96 Å². The zero-order valence-corrected chi connectivity index (χ0v) is 18.8. The normalized spacial score (nSPS) is 13.9. The Kier molecular flexibility index (Phi) is 11.9. The van der Waals surface area contributed by atoms with Crippen molar-refractivity contribution in [2.75, 3.05) is 32.7 Å². The highest BCUT2D eigenvalue weighted by Crippen LogP contribution is 2.09. The van der Waals surface area contributed by atoms with Crippen molar-refractivity contribution >= 4 is 17.8 Å². The number of hydrogen-bond acceptors (Lipinski definition) is 4. The van der Waals surface area contributed by atoms with Crippen molar-refractivity contribution in [1.82, 2.24) is 10.6 Å². The lowest BCUT2D eigenvalue weighted by atomic mass is 10.1. The van der Waals surface area contributed by atoms with Gasteiger partial charge in [-0.2, -0.15) is 0 Å². The second-order valence-electron chi connectivity index (χ2n) is 7.93. The summed E-state index contributed by atoms with van der Waals surface area (Å²) in [6.07, 6.45) is 10.1. The van der Waals surface area contributed by atoms with E-state index in [4.69, 9.17) is 17.2 Å². The van der Waals surface area contributed by atoms with Crippen LogP contribution in [0.3, 0.4) is 0 Å². The summed E-state index contributed by atoms with van der Waals surface area (Å²) >= 11 is 0. The van der Waals surface area contributed by atoms with E-state index in [2.05, 4.69) is 49.9 Å². The molecule has 0 saturated carbocycles. The fourth-order valence-electron chi connectivity index (χ4n) is 3.46. The molecule has 0 atom stereocenters. The van der Waals surface area contributed by atoms with Crippen LogP contribution in [0.25, 0.3) is 0 Å². The van der Waals surface area contributed by atoms with E-state index >= 15 is 0 Å². The molecule has 172 valence electrons. The average molecular weight is 429 g/mol. The van der Waals surface area contributed by atoms with Crippen molar-refractivity contribution in [2.24, 2.45) is 32.2 Å². The fraction of sp³-hybridized carbons (Fsp3) is 0.609. The maximum atomic E-state index is 5.96. The van der Waals surface area contributed by atoms with Crippen molar-refractivity contribution in [3.05, 3.63) is 35.4 Å². The van der Waals surface area contributed by atoms with E-state index in [0.29, 0.717) is 5.96 Å². The molecule has 0 aromatic heterocycles. The standard InChI is InChI=1S/C23H40N8/c24-22(25)29-14-5-3-1-2-4-6-15-30-23(26)31-16-7-9-19-10-12-20(13-11-19)21-27-17-8-18-28-21/h10-13H,1-9,14-18H2,(H,27,28)(H4,24,25,29)(H3,26,30,31). The monoisotopic (exact) mass is 428 g/mol. The molecule has 1 aromatic rings. The van der Waals surface area contributed by atoms with Crippen LogP contribution in [0, 0.1) is 0 Å². The summed E-state index contributed by atoms with van der Waals surface area (Å²) in [5.74, 6) is 1.75. The van der Waals surface area contributed by atoms with Crippen LogP contribution in [0.1, 0.15) is 62.5 Å². The van der Waals surface area contributed by atoms with Crippen molar-refractivity contribution < 1.29 is 0 Å². The molecular weight excluding hydrogens is 388 g/mol. The Labute approximate surface area is 186 Å². The number of nitrogens with one attached hydrogen (secondary N) is 2. The molecule has 1 aromatic carbocycles. The first-order chi connectivity index (χ1) is 15.1. The number of amidine groups is 1. The lowest BCUT2D eigenvalue weighted by Gasteiger charge is -2.14. The summed E-state index contributed by atoms with van der Waals surface area (Å²) in [4.78, 5) is 13.0. The lowest BCUT2D eigenvalue weighted by molar-refractivity contribution is 0.592. The van der Waals surface area contributed by atoms with Crippen LogP contribution in [0.4, 0.5) is 0 Å². The van der Waals surface area contributed by atoms with Crippen LogP contribution in [0.5, 0.6) is 0 Å². The fourth-order valence-corrected chi connectivity index (χ4v) is 3.46. The van der Waals surface area contributed by atoms with Gasteiger partial charge in [0.15, 0.2) is 11.9 Å². The van der Waals surface area contributed by atoms with Crippen molar-refractivity contribution in [2.45, 2.75) is 57.8 Å². The zero-order chi connectivity index (χ0) is 22.2. The van der Waals surface area contributed by atoms with E-state index in [9.17, 15) is 0 Å². The Morgan fingerprint density at radius 3 is 2.32 bits per heavy atom. The molecular formula is C23H40N8. The molecule has 8 nitrogen and oxygen atoms in total. The van der Waals surface area contributed by atoms with Gasteiger partial charge in [-0.1, -0.05) is 49.9 Å². The number of nitrogens with two attached hydrogens (primary N) is 3. The van der Waals surface area contributed by atoms with Crippen LogP contribution in [0.2, 0.25) is 0 Å². The number of benzene rings is 1. The summed E-state index contributed by atoms with van der Waals surface area (Å²) in [6, 6.07) is 8.66. The van der Waals surface area contributed by atoms with Crippen molar-refractivity contribution in [1.29, 1.82) is 0 Å². The molecule has 8 N–H and O–H groups in total. The third-order valence-corrected chi connectivity index (χ3v) is 5.22. The van der Waals surface area contributed by atoms with Gasteiger partial charge in [0.25, 0.3) is 0 Å². The summed E-state index contributed by atoms with van der Waals surface area (Å²) in [5.41, 5.74) is 19.1. The molecule has 0 radical (unpaired) electrons. The van der Waals surface area contributed by atoms with Gasteiger partial charge < -0.3 is 27.8 Å². The van der Waals surface area contributed by atoms with Crippen molar-refractivity contribution in [3.8, 4) is 0 Å². The van der Waals surface area contributed by atoms with Gasteiger partial charge in [0.05, 0.1) is 0 Å². The minimum atomic E-state index is 0.183. The van der Waals surface area contributed by atoms with Crippen LogP contribution in [0.15, 0.2) is 39.2 Å². The highest BCUT2D eigenvalue weighted by molar-refractivity contribution is 5.99. The molecule has 0 saturated heterocycles. The topological polar surface area (TPSA) is 139 Å². The number of nitrogens with zero attached hydrogens (tertiary/aromatic N) is 3. The predicted molar refractivity (Wildman–Crippen MR) is 132 cm³/mol. The zero-order valence-electron chi connectivity index (χ0n) is 18.8. The number of rotatable bonds is 14. The van der Waals surface area contributed by atoms with E-state index in [1.807, 2.05) is 0 Å². The smallest absolute Gasteiger partial charge is 0.188 e. The summed E-state index contributed by atoms with van der Waals surface area (Å²) in [7, 11) is 0. The molecule has 1 aliphatic heterocycles. The maximum absolute atomic E-state index is 5.96. The van der Waals surface area contributed by atoms with Gasteiger partial charge in [-0.05, 0) is 37.7 Å². The Bertz CT molecular complexity index is 705. The number of guanidine groups is 2. The SMILES string of the molecule is NC(N)=NCCCCCCCCNC(N)=NCCCc1ccc(C2=NCCCN2)cc1. The molecule has 31 heavy (non-hydrogen) atoms. The summed E-state index contributed by atoms with van der Waals surface area (Å²) < 4.78 is 0. The maximum Gasteiger partial charge on any atom is 0.188 e. The molecule has 0 unspecified atom stereocenters. The highest BCUT2D eigenvalue weighted by atomic mass is 15.1. The molecule has 1 heterocycles. The van der Waals surface area contributed by atoms with Crippen LogP contribution >= 0.6 is 0 Å². The van der Waals surface area contributed by atoms with Crippen LogP contribution in [-0.2, 0) is 6.42 Å². The van der Waals surface area contributed by atoms with E-state index in [1.165, 1.54) is 36.8 Å². The Morgan fingerprint density at radius 1 is 0.903 bits per heavy atom. The van der Waals surface area contributed by atoms with Gasteiger partial charge >= 0.3 is 0 Å². The first kappa shape index (κ1) is 24.5. The summed E-state index contributed by atoms with van der Waals surface area (Å²) in [5, 5.41) is 6.57. The molecule has 8 heteroatoms. The molecule has 1 aliphatic rings. The third kappa shape index (κ3) is 11.3. The number of aliphatic imine (C=N–C) groups is 3. The Hall–Kier alpha value is -2.77. The minimum absolute atomic E-state index is 0.183. The minimum Gasteiger partial charge on any atom is -0.370 e. The lowest BCUT2D eigenvalue weighted by Crippen LogP contribution is -2.32. The molecule has 0 spiro atoms. The second kappa shape index (κ2) is 15.1. The van der Waals surface area contributed by atoms with Gasteiger partial charge in [0, 0.05) is 38.3 Å². The first-order valence-electron chi connectivity index (χ1n) is 11.6. The average Bonchev–Trinajstić information content (AvgIpc) is 2.79. The van der Waals surface area contributed by atoms with Crippen LogP contribution < -0.4 is 27.8 Å². The molecule has 0 fully saturated rings. The predicted octanol–water partition coefficient (Wildman–Crippen LogP) is 1.88. The van der Waals surface area contributed by atoms with E-state index < -0.39 is 0 Å². The van der Waals surface area contributed by atoms with Gasteiger partial charge in [0.1, 0.15) is 5.84 Å². The first-order valence-corrected chi connectivity index (χ1v) is 11.6. The Balaban J connectivity index is 1.48. The quantitative estimate of drug-likeness (QED) is 0.175. The number of hydrogen-bond donors (Lipinski definition) is 5. The van der Waals surface area contributed by atoms with Crippen LogP contribution in [-0.4, -0.2) is 50.5 Å². The largest absolute Gasteiger partial charge is 0.370 e. The molecule has 2 rings (SSSR count). The van der Waals surface area contributed by atoms with E-state index in [0.717, 1.165) is 70.7 Å². The number of aryl methyl sites for hydroxylation is 1. The molecule has 0 amide bonds. The second-order valence-corrected chi connectivity index (χ2v) is 7.93. The van der Waals surface area contributed by atoms with Gasteiger partial charge in [-0.25, -0.2) is 0 Å². The van der Waals surface area contributed by atoms with Gasteiger partial charge in [-0.3, -0.25) is 15.0 Å². The Morgan fingerprint density at radius 2 is 1.61 bits per heavy atom. The van der Waals surface area contributed by atoms with Gasteiger partial charge in [0.2, 0.25) is 0 Å². The van der Waals surface area contributed by atoms with Gasteiger partial charge in [-0.15, -0.1) is 0 Å². The molecule has 0 aliphatic carbocycles. The molecule has 0 bridgehead atoms. The van der Waals surface area contributed by atoms with Crippen molar-refractivity contribution in [3.63, 3.8) is 0 Å². The third-order valence-electron chi connectivity index (χ3n) is 5.22. The summed E-state index contributed by atoms with van der Waals surface area (Å²) in [6.45, 7) is 4.28. The highest BCUT2D eigenvalue weighted by Gasteiger charge is 2.06. The number of unbranched alkanes of at least 4 members (excludes halogenated alkanes) is 5.